The molecule has 76 valence electrons. The second-order valence-corrected chi connectivity index (χ2v) is 4.28. The highest BCUT2D eigenvalue weighted by molar-refractivity contribution is 5.30. The normalized spacial score (nSPS) is 18.2. The van der Waals surface area contributed by atoms with E-state index < -0.39 is 0 Å². The van der Waals surface area contributed by atoms with Crippen LogP contribution >= 0.6 is 0 Å². The standard InChI is InChI=1S/C12H16FN/c1-9-3-4-11(13)7-10(9)8-12(14-2)5-6-12/h3-4,7,14H,5-6,8H2,1-2H3. The Morgan fingerprint density at radius 3 is 2.71 bits per heavy atom. The Kier molecular flexibility index (Phi) is 2.31. The summed E-state index contributed by atoms with van der Waals surface area (Å²) in [4.78, 5) is 0. The van der Waals surface area contributed by atoms with Crippen molar-refractivity contribution in [2.75, 3.05) is 7.05 Å². The molecule has 2 heteroatoms. The molecule has 0 bridgehead atoms. The first-order valence-corrected chi connectivity index (χ1v) is 5.09. The van der Waals surface area contributed by atoms with Crippen LogP contribution in [0.4, 0.5) is 4.39 Å². The number of likely N-dealkylation sites (N-methyl/N-ethyl adjacent to an activating group) is 1. The summed E-state index contributed by atoms with van der Waals surface area (Å²) in [6.07, 6.45) is 3.37. The molecule has 0 radical (unpaired) electrons. The smallest absolute Gasteiger partial charge is 0.123 e. The second kappa shape index (κ2) is 3.35. The van der Waals surface area contributed by atoms with Crippen LogP contribution in [-0.4, -0.2) is 12.6 Å². The van der Waals surface area contributed by atoms with Crippen molar-refractivity contribution in [1.82, 2.24) is 5.32 Å². The summed E-state index contributed by atoms with van der Waals surface area (Å²) in [6, 6.07) is 5.04. The van der Waals surface area contributed by atoms with E-state index in [1.165, 1.54) is 24.5 Å². The number of nitrogens with one attached hydrogen (secondary N) is 1. The largest absolute Gasteiger partial charge is 0.314 e. The van der Waals surface area contributed by atoms with E-state index in [0.29, 0.717) is 0 Å². The molecule has 0 amide bonds. The van der Waals surface area contributed by atoms with Crippen LogP contribution in [0.2, 0.25) is 0 Å². The SMILES string of the molecule is CNC1(Cc2cc(F)ccc2C)CC1. The van der Waals surface area contributed by atoms with Gasteiger partial charge >= 0.3 is 0 Å². The Labute approximate surface area is 84.3 Å². The third-order valence-corrected chi connectivity index (χ3v) is 3.22. The van der Waals surface area contributed by atoms with Gasteiger partial charge in [0.05, 0.1) is 0 Å². The third kappa shape index (κ3) is 1.80. The molecule has 1 aromatic carbocycles. The van der Waals surface area contributed by atoms with Crippen LogP contribution in [0.5, 0.6) is 0 Å². The maximum Gasteiger partial charge on any atom is 0.123 e. The molecule has 1 aliphatic rings. The Hall–Kier alpha value is -0.890. The van der Waals surface area contributed by atoms with Crippen LogP contribution in [0.3, 0.4) is 0 Å². The topological polar surface area (TPSA) is 12.0 Å². The summed E-state index contributed by atoms with van der Waals surface area (Å²) in [6.45, 7) is 2.04. The van der Waals surface area contributed by atoms with Crippen LogP contribution in [0, 0.1) is 12.7 Å². The second-order valence-electron chi connectivity index (χ2n) is 4.28. The average Bonchev–Trinajstić information content (AvgIpc) is 2.92. The molecular formula is C12H16FN. The quantitative estimate of drug-likeness (QED) is 0.777. The first-order chi connectivity index (χ1) is 6.65. The molecule has 2 rings (SSSR count). The van der Waals surface area contributed by atoms with Crippen LogP contribution in [0.1, 0.15) is 24.0 Å². The maximum atomic E-state index is 13.0. The number of halogens is 1. The van der Waals surface area contributed by atoms with Gasteiger partial charge in [-0.05, 0) is 56.5 Å². The van der Waals surface area contributed by atoms with E-state index in [4.69, 9.17) is 0 Å². The van der Waals surface area contributed by atoms with Gasteiger partial charge in [0.25, 0.3) is 0 Å². The average molecular weight is 193 g/mol. The number of hydrogen-bond donors (Lipinski definition) is 1. The van der Waals surface area contributed by atoms with Gasteiger partial charge in [-0.15, -0.1) is 0 Å². The van der Waals surface area contributed by atoms with Crippen molar-refractivity contribution >= 4 is 0 Å². The molecule has 1 fully saturated rings. The van der Waals surface area contributed by atoms with Gasteiger partial charge in [-0.3, -0.25) is 0 Å². The van der Waals surface area contributed by atoms with E-state index in [0.717, 1.165) is 12.0 Å². The van der Waals surface area contributed by atoms with Crippen molar-refractivity contribution in [2.45, 2.75) is 31.7 Å². The van der Waals surface area contributed by atoms with Gasteiger partial charge in [0, 0.05) is 5.54 Å². The van der Waals surface area contributed by atoms with E-state index in [9.17, 15) is 4.39 Å². The van der Waals surface area contributed by atoms with E-state index in [-0.39, 0.29) is 11.4 Å². The van der Waals surface area contributed by atoms with E-state index in [1.54, 1.807) is 6.07 Å². The van der Waals surface area contributed by atoms with Crippen molar-refractivity contribution in [1.29, 1.82) is 0 Å². The summed E-state index contributed by atoms with van der Waals surface area (Å²) in [5, 5.41) is 3.33. The summed E-state index contributed by atoms with van der Waals surface area (Å²) >= 11 is 0. The number of benzene rings is 1. The minimum absolute atomic E-state index is 0.127. The molecule has 0 aromatic heterocycles. The molecule has 14 heavy (non-hydrogen) atoms. The monoisotopic (exact) mass is 193 g/mol. The van der Waals surface area contributed by atoms with Gasteiger partial charge in [0.2, 0.25) is 0 Å². The van der Waals surface area contributed by atoms with E-state index in [2.05, 4.69) is 5.32 Å². The van der Waals surface area contributed by atoms with Gasteiger partial charge in [-0.1, -0.05) is 6.07 Å². The summed E-state index contributed by atoms with van der Waals surface area (Å²) in [7, 11) is 1.99. The Morgan fingerprint density at radius 2 is 2.14 bits per heavy atom. The van der Waals surface area contributed by atoms with Crippen LogP contribution < -0.4 is 5.32 Å². The van der Waals surface area contributed by atoms with Crippen molar-refractivity contribution in [3.63, 3.8) is 0 Å². The lowest BCUT2D eigenvalue weighted by atomic mass is 9.99. The number of hydrogen-bond acceptors (Lipinski definition) is 1. The van der Waals surface area contributed by atoms with Crippen molar-refractivity contribution in [2.24, 2.45) is 0 Å². The lowest BCUT2D eigenvalue weighted by Crippen LogP contribution is -2.29. The maximum absolute atomic E-state index is 13.0. The van der Waals surface area contributed by atoms with Gasteiger partial charge in [0.15, 0.2) is 0 Å². The van der Waals surface area contributed by atoms with Crippen LogP contribution in [-0.2, 0) is 6.42 Å². The molecule has 1 aromatic rings. The number of rotatable bonds is 3. The Bertz CT molecular complexity index is 342. The molecular weight excluding hydrogens is 177 g/mol. The lowest BCUT2D eigenvalue weighted by Gasteiger charge is -2.15. The van der Waals surface area contributed by atoms with Gasteiger partial charge in [-0.2, -0.15) is 0 Å². The van der Waals surface area contributed by atoms with Crippen LogP contribution in [0.25, 0.3) is 0 Å². The Balaban J connectivity index is 2.20. The summed E-state index contributed by atoms with van der Waals surface area (Å²) in [5.41, 5.74) is 2.59. The molecule has 0 heterocycles. The predicted molar refractivity (Wildman–Crippen MR) is 55.9 cm³/mol. The minimum Gasteiger partial charge on any atom is -0.314 e. The highest BCUT2D eigenvalue weighted by Crippen LogP contribution is 2.38. The van der Waals surface area contributed by atoms with E-state index in [1.807, 2.05) is 20.0 Å². The van der Waals surface area contributed by atoms with Crippen molar-refractivity contribution in [3.8, 4) is 0 Å². The molecule has 0 aliphatic heterocycles. The van der Waals surface area contributed by atoms with Gasteiger partial charge in [0.1, 0.15) is 5.82 Å². The zero-order chi connectivity index (χ0) is 10.2. The molecule has 0 atom stereocenters. The minimum atomic E-state index is -0.127. The summed E-state index contributed by atoms with van der Waals surface area (Å²) in [5.74, 6) is -0.127. The molecule has 1 saturated carbocycles. The fourth-order valence-electron chi connectivity index (χ4n) is 1.86. The van der Waals surface area contributed by atoms with E-state index >= 15 is 0 Å². The fraction of sp³-hybridized carbons (Fsp3) is 0.500. The lowest BCUT2D eigenvalue weighted by molar-refractivity contribution is 0.544. The zero-order valence-electron chi connectivity index (χ0n) is 8.73. The molecule has 1 N–H and O–H groups in total. The highest BCUT2D eigenvalue weighted by Gasteiger charge is 2.40. The first-order valence-electron chi connectivity index (χ1n) is 5.09. The van der Waals surface area contributed by atoms with Gasteiger partial charge < -0.3 is 5.32 Å². The predicted octanol–water partition coefficient (Wildman–Crippen LogP) is 2.43. The molecule has 1 nitrogen and oxygen atoms in total. The summed E-state index contributed by atoms with van der Waals surface area (Å²) < 4.78 is 13.0. The van der Waals surface area contributed by atoms with Crippen molar-refractivity contribution < 1.29 is 4.39 Å². The third-order valence-electron chi connectivity index (χ3n) is 3.22. The first kappa shape index (κ1) is 9.66. The van der Waals surface area contributed by atoms with Gasteiger partial charge in [-0.25, -0.2) is 4.39 Å². The molecule has 0 spiro atoms. The van der Waals surface area contributed by atoms with Crippen LogP contribution in [0.15, 0.2) is 18.2 Å². The molecule has 0 saturated heterocycles. The highest BCUT2D eigenvalue weighted by atomic mass is 19.1. The fourth-order valence-corrected chi connectivity index (χ4v) is 1.86. The molecule has 0 unspecified atom stereocenters. The Morgan fingerprint density at radius 1 is 1.43 bits per heavy atom. The van der Waals surface area contributed by atoms with Crippen molar-refractivity contribution in [3.05, 3.63) is 35.1 Å². The number of aryl methyl sites for hydroxylation is 1. The zero-order valence-corrected chi connectivity index (χ0v) is 8.73. The molecule has 1 aliphatic carbocycles.